The fourth-order valence-electron chi connectivity index (χ4n) is 2.44. The Kier molecular flexibility index (Phi) is 2.40. The molecule has 1 aliphatic carbocycles. The van der Waals surface area contributed by atoms with Crippen LogP contribution < -0.4 is 0 Å². The minimum absolute atomic E-state index is 0.935. The third kappa shape index (κ3) is 1.66. The Hall–Kier alpha value is -0.0400. The zero-order valence-corrected chi connectivity index (χ0v) is 8.42. The van der Waals surface area contributed by atoms with E-state index in [-0.39, 0.29) is 0 Å². The van der Waals surface area contributed by atoms with E-state index in [1.807, 2.05) is 0 Å². The van der Waals surface area contributed by atoms with Crippen LogP contribution in [0.4, 0.5) is 0 Å². The molecule has 0 aromatic rings. The van der Waals surface area contributed by atoms with E-state index in [1.54, 1.807) is 0 Å². The molecule has 0 N–H and O–H groups in total. The Labute approximate surface area is 76.1 Å². The highest BCUT2D eigenvalue weighted by molar-refractivity contribution is 4.82. The molecular formula is C11H21N. The first-order chi connectivity index (χ1) is 5.75. The van der Waals surface area contributed by atoms with Gasteiger partial charge >= 0.3 is 0 Å². The van der Waals surface area contributed by atoms with Crippen molar-refractivity contribution >= 4 is 0 Å². The largest absolute Gasteiger partial charge is 0.303 e. The highest BCUT2D eigenvalue weighted by atomic mass is 15.2. The lowest BCUT2D eigenvalue weighted by atomic mass is 9.85. The molecule has 2 rings (SSSR count). The van der Waals surface area contributed by atoms with Crippen molar-refractivity contribution < 1.29 is 0 Å². The first-order valence-electron chi connectivity index (χ1n) is 5.48. The zero-order valence-electron chi connectivity index (χ0n) is 8.42. The molecule has 2 atom stereocenters. The highest BCUT2D eigenvalue weighted by Crippen LogP contribution is 2.30. The van der Waals surface area contributed by atoms with Crippen LogP contribution in [0, 0.1) is 17.8 Å². The van der Waals surface area contributed by atoms with E-state index >= 15 is 0 Å². The number of hydrogen-bond acceptors (Lipinski definition) is 1. The maximum absolute atomic E-state index is 2.68. The maximum Gasteiger partial charge on any atom is 0.00103 e. The standard InChI is InChI=1S/C11H21N/c1-9-6-12(7-10(9)2)8-11-4-3-5-11/h9-11H,3-8H2,1-2H3. The Morgan fingerprint density at radius 3 is 2.08 bits per heavy atom. The molecule has 1 saturated heterocycles. The second kappa shape index (κ2) is 3.37. The Morgan fingerprint density at radius 2 is 1.67 bits per heavy atom. The molecule has 70 valence electrons. The van der Waals surface area contributed by atoms with Crippen LogP contribution in [0.1, 0.15) is 33.1 Å². The molecule has 0 bridgehead atoms. The van der Waals surface area contributed by atoms with Crippen LogP contribution in [0.15, 0.2) is 0 Å². The van der Waals surface area contributed by atoms with Gasteiger partial charge in [-0.05, 0) is 30.6 Å². The van der Waals surface area contributed by atoms with Crippen LogP contribution in [-0.2, 0) is 0 Å². The number of nitrogens with zero attached hydrogens (tertiary/aromatic N) is 1. The average Bonchev–Trinajstić information content (AvgIpc) is 2.24. The van der Waals surface area contributed by atoms with Gasteiger partial charge in [0.15, 0.2) is 0 Å². The second-order valence-corrected chi connectivity index (χ2v) is 4.97. The average molecular weight is 167 g/mol. The van der Waals surface area contributed by atoms with Crippen LogP contribution in [-0.4, -0.2) is 24.5 Å². The molecule has 1 aliphatic heterocycles. The third-order valence-corrected chi connectivity index (χ3v) is 3.80. The summed E-state index contributed by atoms with van der Waals surface area (Å²) < 4.78 is 0. The van der Waals surface area contributed by atoms with Gasteiger partial charge in [0.25, 0.3) is 0 Å². The van der Waals surface area contributed by atoms with Crippen LogP contribution in [0.5, 0.6) is 0 Å². The first kappa shape index (κ1) is 8.55. The predicted octanol–water partition coefficient (Wildman–Crippen LogP) is 2.37. The summed E-state index contributed by atoms with van der Waals surface area (Å²) in [5, 5.41) is 0. The summed E-state index contributed by atoms with van der Waals surface area (Å²) in [5.41, 5.74) is 0. The Bertz CT molecular complexity index is 141. The van der Waals surface area contributed by atoms with Crippen molar-refractivity contribution in [1.29, 1.82) is 0 Å². The zero-order chi connectivity index (χ0) is 8.55. The van der Waals surface area contributed by atoms with Gasteiger partial charge in [0.05, 0.1) is 0 Å². The van der Waals surface area contributed by atoms with Crippen molar-refractivity contribution in [3.63, 3.8) is 0 Å². The number of hydrogen-bond donors (Lipinski definition) is 0. The molecule has 1 saturated carbocycles. The van der Waals surface area contributed by atoms with Gasteiger partial charge in [-0.15, -0.1) is 0 Å². The topological polar surface area (TPSA) is 3.24 Å². The predicted molar refractivity (Wildman–Crippen MR) is 52.1 cm³/mol. The van der Waals surface area contributed by atoms with Gasteiger partial charge in [0, 0.05) is 19.6 Å². The minimum atomic E-state index is 0.935. The van der Waals surface area contributed by atoms with E-state index in [2.05, 4.69) is 18.7 Å². The van der Waals surface area contributed by atoms with E-state index in [1.165, 1.54) is 38.9 Å². The van der Waals surface area contributed by atoms with Gasteiger partial charge in [0.1, 0.15) is 0 Å². The summed E-state index contributed by atoms with van der Waals surface area (Å²) in [6.07, 6.45) is 4.49. The van der Waals surface area contributed by atoms with Gasteiger partial charge in [-0.2, -0.15) is 0 Å². The smallest absolute Gasteiger partial charge is 0.00103 e. The fourth-order valence-corrected chi connectivity index (χ4v) is 2.44. The van der Waals surface area contributed by atoms with E-state index in [4.69, 9.17) is 0 Å². The summed E-state index contributed by atoms with van der Waals surface area (Å²) in [6, 6.07) is 0. The first-order valence-corrected chi connectivity index (χ1v) is 5.48. The third-order valence-electron chi connectivity index (χ3n) is 3.80. The van der Waals surface area contributed by atoms with Crippen LogP contribution >= 0.6 is 0 Å². The molecule has 0 aromatic heterocycles. The lowest BCUT2D eigenvalue weighted by Gasteiger charge is -2.30. The van der Waals surface area contributed by atoms with Crippen molar-refractivity contribution in [2.45, 2.75) is 33.1 Å². The molecule has 1 heterocycles. The van der Waals surface area contributed by atoms with Gasteiger partial charge < -0.3 is 4.90 Å². The minimum Gasteiger partial charge on any atom is -0.303 e. The lowest BCUT2D eigenvalue weighted by Crippen LogP contribution is -2.30. The summed E-state index contributed by atoms with van der Waals surface area (Å²) in [7, 11) is 0. The van der Waals surface area contributed by atoms with E-state index in [0.29, 0.717) is 0 Å². The maximum atomic E-state index is 2.68. The van der Waals surface area contributed by atoms with Crippen LogP contribution in [0.25, 0.3) is 0 Å². The Balaban J connectivity index is 1.75. The summed E-state index contributed by atoms with van der Waals surface area (Å²) >= 11 is 0. The van der Waals surface area contributed by atoms with Crippen molar-refractivity contribution in [2.75, 3.05) is 19.6 Å². The molecule has 0 amide bonds. The van der Waals surface area contributed by atoms with Gasteiger partial charge in [0.2, 0.25) is 0 Å². The lowest BCUT2D eigenvalue weighted by molar-refractivity contribution is 0.199. The second-order valence-electron chi connectivity index (χ2n) is 4.97. The monoisotopic (exact) mass is 167 g/mol. The normalized spacial score (nSPS) is 38.5. The van der Waals surface area contributed by atoms with Crippen molar-refractivity contribution in [3.05, 3.63) is 0 Å². The quantitative estimate of drug-likeness (QED) is 0.610. The number of likely N-dealkylation sites (tertiary alicyclic amines) is 1. The molecule has 0 aromatic carbocycles. The molecule has 2 unspecified atom stereocenters. The molecule has 0 radical (unpaired) electrons. The molecule has 2 fully saturated rings. The molecular weight excluding hydrogens is 146 g/mol. The SMILES string of the molecule is CC1CN(CC2CCC2)CC1C. The summed E-state index contributed by atoms with van der Waals surface area (Å²) in [6.45, 7) is 8.90. The molecule has 12 heavy (non-hydrogen) atoms. The van der Waals surface area contributed by atoms with E-state index in [9.17, 15) is 0 Å². The van der Waals surface area contributed by atoms with E-state index in [0.717, 1.165) is 17.8 Å². The molecule has 2 aliphatic rings. The number of rotatable bonds is 2. The Morgan fingerprint density at radius 1 is 1.08 bits per heavy atom. The van der Waals surface area contributed by atoms with Gasteiger partial charge in [-0.1, -0.05) is 20.3 Å². The van der Waals surface area contributed by atoms with Gasteiger partial charge in [-0.3, -0.25) is 0 Å². The fraction of sp³-hybridized carbons (Fsp3) is 1.00. The summed E-state index contributed by atoms with van der Waals surface area (Å²) in [4.78, 5) is 2.68. The molecule has 1 nitrogen and oxygen atoms in total. The summed E-state index contributed by atoms with van der Waals surface area (Å²) in [5.74, 6) is 2.93. The van der Waals surface area contributed by atoms with Crippen molar-refractivity contribution in [2.24, 2.45) is 17.8 Å². The van der Waals surface area contributed by atoms with Crippen LogP contribution in [0.2, 0.25) is 0 Å². The molecule has 1 heteroatoms. The van der Waals surface area contributed by atoms with Crippen molar-refractivity contribution in [3.8, 4) is 0 Å². The van der Waals surface area contributed by atoms with Crippen LogP contribution in [0.3, 0.4) is 0 Å². The van der Waals surface area contributed by atoms with Crippen molar-refractivity contribution in [1.82, 2.24) is 4.90 Å². The van der Waals surface area contributed by atoms with E-state index < -0.39 is 0 Å². The molecule has 0 spiro atoms. The van der Waals surface area contributed by atoms with Gasteiger partial charge in [-0.25, -0.2) is 0 Å². The highest BCUT2D eigenvalue weighted by Gasteiger charge is 2.29.